The van der Waals surface area contributed by atoms with Gasteiger partial charge < -0.3 is 15.2 Å². The minimum Gasteiger partial charge on any atom is -0.385 e. The summed E-state index contributed by atoms with van der Waals surface area (Å²) in [6.45, 7) is 3.32. The van der Waals surface area contributed by atoms with Gasteiger partial charge in [0, 0.05) is 24.8 Å². The highest BCUT2D eigenvalue weighted by atomic mass is 16.3. The normalized spacial score (nSPS) is 20.1. The third kappa shape index (κ3) is 2.84. The molecule has 1 aromatic heterocycles. The first-order chi connectivity index (χ1) is 12.5. The molecule has 26 heavy (non-hydrogen) atoms. The van der Waals surface area contributed by atoms with E-state index in [4.69, 9.17) is 0 Å². The van der Waals surface area contributed by atoms with Gasteiger partial charge in [-0.2, -0.15) is 0 Å². The first-order valence-electron chi connectivity index (χ1n) is 9.38. The fourth-order valence-corrected chi connectivity index (χ4v) is 4.20. The number of aliphatic hydroxyl groups is 2. The van der Waals surface area contributed by atoms with Crippen LogP contribution in [0.1, 0.15) is 37.3 Å². The van der Waals surface area contributed by atoms with Crippen LogP contribution in [0.25, 0.3) is 10.9 Å². The van der Waals surface area contributed by atoms with Crippen LogP contribution in [0.5, 0.6) is 0 Å². The lowest BCUT2D eigenvalue weighted by Crippen LogP contribution is -2.52. The minimum absolute atomic E-state index is 0.604. The summed E-state index contributed by atoms with van der Waals surface area (Å²) in [7, 11) is 0. The van der Waals surface area contributed by atoms with Crippen molar-refractivity contribution in [2.75, 3.05) is 13.1 Å². The van der Waals surface area contributed by atoms with Crippen molar-refractivity contribution in [1.29, 1.82) is 0 Å². The molecular formula is C22H26N2O2. The quantitative estimate of drug-likeness (QED) is 0.672. The molecule has 1 saturated heterocycles. The van der Waals surface area contributed by atoms with Gasteiger partial charge in [-0.3, -0.25) is 4.90 Å². The monoisotopic (exact) mass is 350 g/mol. The van der Waals surface area contributed by atoms with Crippen molar-refractivity contribution < 1.29 is 10.2 Å². The number of likely N-dealkylation sites (tertiary alicyclic amines) is 1. The molecule has 1 aliphatic rings. The predicted molar refractivity (Wildman–Crippen MR) is 104 cm³/mol. The van der Waals surface area contributed by atoms with E-state index in [-0.39, 0.29) is 0 Å². The molecule has 0 saturated carbocycles. The number of hydrogen-bond acceptors (Lipinski definition) is 3. The molecule has 1 aliphatic heterocycles. The van der Waals surface area contributed by atoms with Crippen molar-refractivity contribution in [3.05, 3.63) is 71.9 Å². The van der Waals surface area contributed by atoms with Crippen LogP contribution >= 0.6 is 0 Å². The summed E-state index contributed by atoms with van der Waals surface area (Å²) in [4.78, 5) is 5.31. The third-order valence-electron chi connectivity index (χ3n) is 5.93. The molecule has 3 aromatic rings. The molecule has 4 heteroatoms. The molecule has 4 nitrogen and oxygen atoms in total. The number of benzene rings is 2. The lowest BCUT2D eigenvalue weighted by molar-refractivity contribution is -0.153. The van der Waals surface area contributed by atoms with E-state index in [2.05, 4.69) is 16.0 Å². The fraction of sp³-hybridized carbons (Fsp3) is 0.364. The van der Waals surface area contributed by atoms with Crippen LogP contribution in [0.3, 0.4) is 0 Å². The summed E-state index contributed by atoms with van der Waals surface area (Å²) < 4.78 is 0. The van der Waals surface area contributed by atoms with Gasteiger partial charge in [0.05, 0.1) is 5.60 Å². The Bertz CT molecular complexity index is 881. The number of rotatable bonds is 4. The number of hydrogen-bond donors (Lipinski definition) is 3. The maximum Gasteiger partial charge on any atom is 0.144 e. The van der Waals surface area contributed by atoms with Crippen LogP contribution in [-0.4, -0.2) is 33.2 Å². The summed E-state index contributed by atoms with van der Waals surface area (Å²) in [6, 6.07) is 18.0. The molecule has 0 bridgehead atoms. The number of H-pyrrole nitrogens is 1. The van der Waals surface area contributed by atoms with E-state index < -0.39 is 11.3 Å². The van der Waals surface area contributed by atoms with Crippen LogP contribution in [0.15, 0.2) is 60.8 Å². The van der Waals surface area contributed by atoms with E-state index >= 15 is 0 Å². The Kier molecular flexibility index (Phi) is 4.35. The topological polar surface area (TPSA) is 59.5 Å². The molecule has 2 aromatic carbocycles. The number of piperidine rings is 1. The highest BCUT2D eigenvalue weighted by Crippen LogP contribution is 2.39. The number of aromatic nitrogens is 1. The van der Waals surface area contributed by atoms with E-state index in [1.54, 1.807) is 0 Å². The second kappa shape index (κ2) is 6.54. The first-order valence-corrected chi connectivity index (χ1v) is 9.38. The van der Waals surface area contributed by atoms with E-state index in [0.29, 0.717) is 32.4 Å². The Morgan fingerprint density at radius 3 is 2.50 bits per heavy atom. The molecule has 0 aliphatic carbocycles. The van der Waals surface area contributed by atoms with Crippen LogP contribution in [-0.2, 0) is 11.3 Å². The molecule has 0 unspecified atom stereocenters. The molecule has 0 radical (unpaired) electrons. The Labute approximate surface area is 154 Å². The van der Waals surface area contributed by atoms with Gasteiger partial charge in [-0.15, -0.1) is 0 Å². The Hall–Kier alpha value is -2.14. The molecule has 1 atom stereocenters. The molecule has 0 spiro atoms. The standard InChI is InChI=1S/C22H26N2O2/c1-2-22(26,19-8-9-20-17(16-19)10-13-23-20)24-14-11-21(25,12-15-24)18-6-4-3-5-7-18/h3-10,13,16,23,25-26H,2,11-12,14-15H2,1H3/t22-/m0/s1. The average molecular weight is 350 g/mol. The van der Waals surface area contributed by atoms with Crippen molar-refractivity contribution in [2.45, 2.75) is 37.5 Å². The van der Waals surface area contributed by atoms with Crippen molar-refractivity contribution in [3.8, 4) is 0 Å². The van der Waals surface area contributed by atoms with Gasteiger partial charge in [-0.1, -0.05) is 43.3 Å². The number of aromatic amines is 1. The third-order valence-corrected chi connectivity index (χ3v) is 5.93. The van der Waals surface area contributed by atoms with E-state index in [1.807, 2.05) is 61.7 Å². The van der Waals surface area contributed by atoms with Crippen molar-refractivity contribution in [3.63, 3.8) is 0 Å². The van der Waals surface area contributed by atoms with Gasteiger partial charge in [0.15, 0.2) is 0 Å². The number of nitrogens with one attached hydrogen (secondary N) is 1. The summed E-state index contributed by atoms with van der Waals surface area (Å²) in [5, 5.41) is 23.7. The molecule has 2 heterocycles. The largest absolute Gasteiger partial charge is 0.385 e. The van der Waals surface area contributed by atoms with Crippen molar-refractivity contribution in [2.24, 2.45) is 0 Å². The smallest absolute Gasteiger partial charge is 0.144 e. The maximum atomic E-state index is 11.5. The highest BCUT2D eigenvalue weighted by Gasteiger charge is 2.41. The van der Waals surface area contributed by atoms with Gasteiger partial charge >= 0.3 is 0 Å². The Balaban J connectivity index is 1.58. The number of fused-ring (bicyclic) bond motifs is 1. The Morgan fingerprint density at radius 1 is 1.08 bits per heavy atom. The molecule has 1 fully saturated rings. The van der Waals surface area contributed by atoms with Crippen LogP contribution < -0.4 is 0 Å². The van der Waals surface area contributed by atoms with Crippen molar-refractivity contribution in [1.82, 2.24) is 9.88 Å². The lowest BCUT2D eigenvalue weighted by atomic mass is 9.83. The predicted octanol–water partition coefficient (Wildman–Crippen LogP) is 3.71. The average Bonchev–Trinajstić information content (AvgIpc) is 3.16. The highest BCUT2D eigenvalue weighted by molar-refractivity contribution is 5.80. The van der Waals surface area contributed by atoms with E-state index in [1.165, 1.54) is 0 Å². The van der Waals surface area contributed by atoms with Gasteiger partial charge in [0.25, 0.3) is 0 Å². The zero-order valence-corrected chi connectivity index (χ0v) is 15.2. The Morgan fingerprint density at radius 2 is 1.81 bits per heavy atom. The van der Waals surface area contributed by atoms with Crippen molar-refractivity contribution >= 4 is 10.9 Å². The zero-order chi connectivity index (χ0) is 18.2. The zero-order valence-electron chi connectivity index (χ0n) is 15.2. The van der Waals surface area contributed by atoms with Crippen LogP contribution in [0, 0.1) is 0 Å². The molecule has 136 valence electrons. The molecule has 4 rings (SSSR count). The number of nitrogens with zero attached hydrogens (tertiary/aromatic N) is 1. The van der Waals surface area contributed by atoms with E-state index in [9.17, 15) is 10.2 Å². The van der Waals surface area contributed by atoms with E-state index in [0.717, 1.165) is 22.0 Å². The first kappa shape index (κ1) is 17.3. The summed E-state index contributed by atoms with van der Waals surface area (Å²) in [5.41, 5.74) is 1.13. The van der Waals surface area contributed by atoms with Gasteiger partial charge in [-0.05, 0) is 54.0 Å². The SMILES string of the molecule is CC[C@](O)(c1ccc2[nH]ccc2c1)N1CCC(O)(c2ccccc2)CC1. The summed E-state index contributed by atoms with van der Waals surface area (Å²) in [5.74, 6) is 0. The maximum absolute atomic E-state index is 11.5. The molecular weight excluding hydrogens is 324 g/mol. The fourth-order valence-electron chi connectivity index (χ4n) is 4.20. The van der Waals surface area contributed by atoms with Gasteiger partial charge in [0.2, 0.25) is 0 Å². The van der Waals surface area contributed by atoms with Gasteiger partial charge in [-0.25, -0.2) is 0 Å². The van der Waals surface area contributed by atoms with Crippen LogP contribution in [0.4, 0.5) is 0 Å². The summed E-state index contributed by atoms with van der Waals surface area (Å²) in [6.07, 6.45) is 3.75. The second-order valence-electron chi connectivity index (χ2n) is 7.33. The second-order valence-corrected chi connectivity index (χ2v) is 7.33. The molecule has 3 N–H and O–H groups in total. The lowest BCUT2D eigenvalue weighted by Gasteiger charge is -2.46. The van der Waals surface area contributed by atoms with Crippen LogP contribution in [0.2, 0.25) is 0 Å². The van der Waals surface area contributed by atoms with Gasteiger partial charge in [0.1, 0.15) is 5.72 Å². The summed E-state index contributed by atoms with van der Waals surface area (Å²) >= 11 is 0. The minimum atomic E-state index is -1.01. The molecule has 0 amide bonds.